The number of carbonyl (C=O) groups is 1. The van der Waals surface area contributed by atoms with Gasteiger partial charge in [-0.15, -0.1) is 0 Å². The van der Waals surface area contributed by atoms with Crippen LogP contribution in [0.2, 0.25) is 0 Å². The first-order valence-corrected chi connectivity index (χ1v) is 11.9. The molecule has 0 unspecified atom stereocenters. The Labute approximate surface area is 201 Å². The number of anilines is 2. The molecule has 0 spiro atoms. The third-order valence-electron chi connectivity index (χ3n) is 5.86. The van der Waals surface area contributed by atoms with Crippen LogP contribution in [-0.2, 0) is 4.79 Å². The molecule has 1 saturated heterocycles. The summed E-state index contributed by atoms with van der Waals surface area (Å²) < 4.78 is 5.95. The van der Waals surface area contributed by atoms with Gasteiger partial charge in [-0.25, -0.2) is 9.97 Å². The molecule has 0 saturated carbocycles. The lowest BCUT2D eigenvalue weighted by Crippen LogP contribution is -2.47. The van der Waals surface area contributed by atoms with Crippen molar-refractivity contribution in [1.82, 2.24) is 14.9 Å². The molecule has 2 heterocycles. The van der Waals surface area contributed by atoms with E-state index in [-0.39, 0.29) is 5.91 Å². The van der Waals surface area contributed by atoms with Crippen molar-refractivity contribution in [3.63, 3.8) is 0 Å². The molecular formula is C27H33N5O2. The number of para-hydroxylation sites is 3. The van der Waals surface area contributed by atoms with Gasteiger partial charge in [0.25, 0.3) is 0 Å². The van der Waals surface area contributed by atoms with Gasteiger partial charge in [0.05, 0.1) is 5.69 Å². The predicted molar refractivity (Wildman–Crippen MR) is 136 cm³/mol. The first kappa shape index (κ1) is 23.7. The molecule has 1 aromatic heterocycles. The molecule has 7 heteroatoms. The van der Waals surface area contributed by atoms with Crippen LogP contribution in [0.4, 0.5) is 11.5 Å². The summed E-state index contributed by atoms with van der Waals surface area (Å²) in [6.07, 6.45) is 0.434. The Kier molecular flexibility index (Phi) is 7.75. The number of aryl methyl sites for hydroxylation is 1. The third-order valence-corrected chi connectivity index (χ3v) is 5.86. The molecule has 1 aliphatic heterocycles. The predicted octanol–water partition coefficient (Wildman–Crippen LogP) is 4.85. The number of benzene rings is 2. The van der Waals surface area contributed by atoms with Gasteiger partial charge in [0, 0.05) is 56.8 Å². The smallest absolute Gasteiger partial charge is 0.225 e. The van der Waals surface area contributed by atoms with Crippen LogP contribution < -0.4 is 15.0 Å². The summed E-state index contributed by atoms with van der Waals surface area (Å²) in [7, 11) is 0. The van der Waals surface area contributed by atoms with E-state index in [0.717, 1.165) is 55.8 Å². The molecule has 178 valence electrons. The Hall–Kier alpha value is -3.45. The third kappa shape index (κ3) is 6.32. The molecular weight excluding hydrogens is 426 g/mol. The zero-order chi connectivity index (χ0) is 23.9. The summed E-state index contributed by atoms with van der Waals surface area (Å²) in [6, 6.07) is 19.2. The Morgan fingerprint density at radius 3 is 2.44 bits per heavy atom. The van der Waals surface area contributed by atoms with E-state index in [1.165, 1.54) is 0 Å². The van der Waals surface area contributed by atoms with Crippen LogP contribution in [0.1, 0.15) is 37.7 Å². The fourth-order valence-electron chi connectivity index (χ4n) is 3.94. The minimum absolute atomic E-state index is 0.0143. The first-order valence-electron chi connectivity index (χ1n) is 11.9. The summed E-state index contributed by atoms with van der Waals surface area (Å²) in [4.78, 5) is 26.6. The van der Waals surface area contributed by atoms with Gasteiger partial charge in [0.1, 0.15) is 17.4 Å². The molecule has 34 heavy (non-hydrogen) atoms. The van der Waals surface area contributed by atoms with Crippen molar-refractivity contribution in [2.75, 3.05) is 42.9 Å². The van der Waals surface area contributed by atoms with Gasteiger partial charge in [-0.1, -0.05) is 44.2 Å². The Bertz CT molecular complexity index is 1100. The summed E-state index contributed by atoms with van der Waals surface area (Å²) >= 11 is 0. The molecule has 1 N–H and O–H groups in total. The van der Waals surface area contributed by atoms with Crippen LogP contribution in [0.15, 0.2) is 60.7 Å². The van der Waals surface area contributed by atoms with Crippen molar-refractivity contribution in [3.05, 3.63) is 72.2 Å². The highest BCUT2D eigenvalue weighted by Crippen LogP contribution is 2.29. The lowest BCUT2D eigenvalue weighted by Gasteiger charge is -2.35. The van der Waals surface area contributed by atoms with Crippen LogP contribution in [0.3, 0.4) is 0 Å². The molecule has 3 aromatic rings. The normalized spacial score (nSPS) is 14.3. The molecule has 2 aromatic carbocycles. The van der Waals surface area contributed by atoms with Crippen molar-refractivity contribution in [2.45, 2.75) is 33.1 Å². The Balaban J connectivity index is 1.27. The number of nitrogens with zero attached hydrogens (tertiary/aromatic N) is 4. The molecule has 1 fully saturated rings. The Morgan fingerprint density at radius 2 is 1.71 bits per heavy atom. The average molecular weight is 460 g/mol. The lowest BCUT2D eigenvalue weighted by molar-refractivity contribution is -0.116. The average Bonchev–Trinajstić information content (AvgIpc) is 2.84. The van der Waals surface area contributed by atoms with E-state index >= 15 is 0 Å². The Morgan fingerprint density at radius 1 is 1.00 bits per heavy atom. The summed E-state index contributed by atoms with van der Waals surface area (Å²) in [5.41, 5.74) is 1.69. The molecule has 0 radical (unpaired) electrons. The second-order valence-electron chi connectivity index (χ2n) is 8.92. The molecule has 1 amide bonds. The lowest BCUT2D eigenvalue weighted by atomic mass is 10.2. The van der Waals surface area contributed by atoms with Crippen molar-refractivity contribution >= 4 is 17.4 Å². The minimum Gasteiger partial charge on any atom is -0.455 e. The van der Waals surface area contributed by atoms with Gasteiger partial charge in [-0.2, -0.15) is 0 Å². The largest absolute Gasteiger partial charge is 0.455 e. The number of piperazine rings is 1. The fourth-order valence-corrected chi connectivity index (χ4v) is 3.94. The van der Waals surface area contributed by atoms with Gasteiger partial charge in [0.2, 0.25) is 5.91 Å². The maximum Gasteiger partial charge on any atom is 0.225 e. The van der Waals surface area contributed by atoms with E-state index in [2.05, 4.69) is 40.0 Å². The highest BCUT2D eigenvalue weighted by Gasteiger charge is 2.20. The van der Waals surface area contributed by atoms with E-state index in [9.17, 15) is 4.79 Å². The van der Waals surface area contributed by atoms with E-state index in [1.54, 1.807) is 0 Å². The fraction of sp³-hybridized carbons (Fsp3) is 0.370. The van der Waals surface area contributed by atoms with Gasteiger partial charge in [-0.3, -0.25) is 9.69 Å². The van der Waals surface area contributed by atoms with Crippen molar-refractivity contribution in [1.29, 1.82) is 0 Å². The standard InChI is InChI=1S/C27H33N5O2/c1-20(2)27-28-21(3)19-25(30-27)32-17-15-31(16-18-32)14-13-26(33)29-23-11-7-8-12-24(23)34-22-9-5-4-6-10-22/h4-12,19-20H,13-18H2,1-3H3,(H,29,33). The van der Waals surface area contributed by atoms with Gasteiger partial charge in [0.15, 0.2) is 5.75 Å². The number of hydrogen-bond donors (Lipinski definition) is 1. The van der Waals surface area contributed by atoms with Gasteiger partial charge in [-0.05, 0) is 31.2 Å². The zero-order valence-corrected chi connectivity index (χ0v) is 20.2. The van der Waals surface area contributed by atoms with E-state index in [0.29, 0.717) is 23.8 Å². The number of ether oxygens (including phenoxy) is 1. The SMILES string of the molecule is Cc1cc(N2CCN(CCC(=O)Nc3ccccc3Oc3ccccc3)CC2)nc(C(C)C)n1. The van der Waals surface area contributed by atoms with Crippen LogP contribution >= 0.6 is 0 Å². The topological polar surface area (TPSA) is 70.6 Å². The van der Waals surface area contributed by atoms with E-state index in [1.807, 2.05) is 61.5 Å². The number of hydrogen-bond acceptors (Lipinski definition) is 6. The summed E-state index contributed by atoms with van der Waals surface area (Å²) in [5.74, 6) is 3.56. The number of rotatable bonds is 8. The summed E-state index contributed by atoms with van der Waals surface area (Å²) in [6.45, 7) is 10.6. The van der Waals surface area contributed by atoms with E-state index in [4.69, 9.17) is 9.72 Å². The number of amides is 1. The quantitative estimate of drug-likeness (QED) is 0.519. The zero-order valence-electron chi connectivity index (χ0n) is 20.2. The molecule has 0 atom stereocenters. The highest BCUT2D eigenvalue weighted by molar-refractivity contribution is 5.92. The number of nitrogens with one attached hydrogen (secondary N) is 1. The van der Waals surface area contributed by atoms with Crippen LogP contribution in [0.25, 0.3) is 0 Å². The van der Waals surface area contributed by atoms with Crippen molar-refractivity contribution < 1.29 is 9.53 Å². The van der Waals surface area contributed by atoms with Gasteiger partial charge >= 0.3 is 0 Å². The minimum atomic E-state index is -0.0143. The molecule has 7 nitrogen and oxygen atoms in total. The molecule has 1 aliphatic rings. The summed E-state index contributed by atoms with van der Waals surface area (Å²) in [5, 5.41) is 3.01. The molecule has 4 rings (SSSR count). The van der Waals surface area contributed by atoms with Crippen LogP contribution in [0, 0.1) is 6.92 Å². The second kappa shape index (κ2) is 11.1. The number of aromatic nitrogens is 2. The molecule has 0 aliphatic carbocycles. The van der Waals surface area contributed by atoms with Crippen LogP contribution in [-0.4, -0.2) is 53.5 Å². The maximum absolute atomic E-state index is 12.7. The van der Waals surface area contributed by atoms with E-state index < -0.39 is 0 Å². The van der Waals surface area contributed by atoms with Gasteiger partial charge < -0.3 is 15.0 Å². The van der Waals surface area contributed by atoms with Crippen LogP contribution in [0.5, 0.6) is 11.5 Å². The first-order chi connectivity index (χ1) is 16.5. The number of carbonyl (C=O) groups excluding carboxylic acids is 1. The van der Waals surface area contributed by atoms with Crippen molar-refractivity contribution in [2.24, 2.45) is 0 Å². The maximum atomic E-state index is 12.7. The second-order valence-corrected chi connectivity index (χ2v) is 8.92. The van der Waals surface area contributed by atoms with Crippen molar-refractivity contribution in [3.8, 4) is 11.5 Å². The molecule has 0 bridgehead atoms. The monoisotopic (exact) mass is 459 g/mol. The highest BCUT2D eigenvalue weighted by atomic mass is 16.5.